The number of fused-ring (bicyclic) bond motifs is 1. The second-order valence-electron chi connectivity index (χ2n) is 11.2. The molecule has 1 aliphatic rings. The van der Waals surface area contributed by atoms with Gasteiger partial charge in [-0.2, -0.15) is 0 Å². The summed E-state index contributed by atoms with van der Waals surface area (Å²) in [5, 5.41) is 6.24. The van der Waals surface area contributed by atoms with Crippen molar-refractivity contribution < 1.29 is 27.1 Å². The molecule has 0 unspecified atom stereocenters. The zero-order valence-electron chi connectivity index (χ0n) is 25.3. The number of nitrogens with one attached hydrogen (secondary N) is 2. The molecule has 1 saturated carbocycles. The van der Waals surface area contributed by atoms with E-state index in [0.29, 0.717) is 47.3 Å². The van der Waals surface area contributed by atoms with E-state index in [1.165, 1.54) is 11.0 Å². The number of para-hydroxylation sites is 1. The van der Waals surface area contributed by atoms with Gasteiger partial charge in [-0.1, -0.05) is 18.2 Å². The number of ether oxygens (including phenoxy) is 1. The Morgan fingerprint density at radius 2 is 1.80 bits per heavy atom. The molecule has 5 rings (SSSR count). The Balaban J connectivity index is 1.31. The lowest BCUT2D eigenvalue weighted by Crippen LogP contribution is -2.38. The first kappa shape index (κ1) is 31.7. The molecule has 3 aromatic carbocycles. The highest BCUT2D eigenvalue weighted by atomic mass is 32.2. The standard InChI is InChI=1S/C33H36FN5O5S/c1-20(37-24-9-13-26-27(17-24)28(34)18-36-32(26)35)33(41)39(2)19-22-16-23(10-14-30(22)45(42,43)25-11-12-25)38-31(40)15-8-21-6-4-5-7-29(21)44-3/h4-7,9-10,13-14,16-18,20,25,37H,8,11-12,15,19H2,1-3H3,(H2,35,36)(H,38,40)/t20-/m1/s1. The molecule has 12 heteroatoms. The van der Waals surface area contributed by atoms with Crippen molar-refractivity contribution in [3.8, 4) is 5.75 Å². The molecule has 236 valence electrons. The van der Waals surface area contributed by atoms with Crippen molar-refractivity contribution in [2.24, 2.45) is 0 Å². The summed E-state index contributed by atoms with van der Waals surface area (Å²) in [6, 6.07) is 16.3. The summed E-state index contributed by atoms with van der Waals surface area (Å²) in [5.41, 5.74) is 8.11. The monoisotopic (exact) mass is 633 g/mol. The maximum Gasteiger partial charge on any atom is 0.244 e. The number of amides is 2. The van der Waals surface area contributed by atoms with Gasteiger partial charge in [0.25, 0.3) is 0 Å². The smallest absolute Gasteiger partial charge is 0.244 e. The Labute approximate surface area is 261 Å². The molecule has 4 aromatic rings. The van der Waals surface area contributed by atoms with Gasteiger partial charge in [0.1, 0.15) is 23.4 Å². The van der Waals surface area contributed by atoms with Gasteiger partial charge in [0, 0.05) is 42.2 Å². The van der Waals surface area contributed by atoms with Gasteiger partial charge in [-0.05, 0) is 79.8 Å². The number of rotatable bonds is 12. The first-order valence-electron chi connectivity index (χ1n) is 14.6. The summed E-state index contributed by atoms with van der Waals surface area (Å²) >= 11 is 0. The van der Waals surface area contributed by atoms with E-state index in [0.717, 1.165) is 11.8 Å². The molecular weight excluding hydrogens is 597 g/mol. The summed E-state index contributed by atoms with van der Waals surface area (Å²) < 4.78 is 46.3. The van der Waals surface area contributed by atoms with Crippen LogP contribution in [0.4, 0.5) is 21.6 Å². The van der Waals surface area contributed by atoms with Crippen LogP contribution in [0.5, 0.6) is 5.75 Å². The van der Waals surface area contributed by atoms with Crippen LogP contribution in [-0.2, 0) is 32.4 Å². The van der Waals surface area contributed by atoms with Gasteiger partial charge in [-0.25, -0.2) is 17.8 Å². The van der Waals surface area contributed by atoms with Gasteiger partial charge in [0.15, 0.2) is 9.84 Å². The minimum atomic E-state index is -3.60. The summed E-state index contributed by atoms with van der Waals surface area (Å²) in [4.78, 5) is 31.6. The van der Waals surface area contributed by atoms with Crippen LogP contribution in [0.15, 0.2) is 71.8 Å². The fourth-order valence-corrected chi connectivity index (χ4v) is 7.16. The predicted octanol–water partition coefficient (Wildman–Crippen LogP) is 4.93. The largest absolute Gasteiger partial charge is 0.496 e. The second kappa shape index (κ2) is 13.1. The molecule has 1 fully saturated rings. The summed E-state index contributed by atoms with van der Waals surface area (Å²) in [6.07, 6.45) is 2.89. The van der Waals surface area contributed by atoms with Crippen LogP contribution < -0.4 is 21.1 Å². The van der Waals surface area contributed by atoms with E-state index in [9.17, 15) is 22.4 Å². The van der Waals surface area contributed by atoms with E-state index in [1.54, 1.807) is 51.4 Å². The van der Waals surface area contributed by atoms with Crippen molar-refractivity contribution in [2.75, 3.05) is 30.5 Å². The average Bonchev–Trinajstić information content (AvgIpc) is 3.88. The zero-order chi connectivity index (χ0) is 32.3. The average molecular weight is 634 g/mol. The molecule has 1 atom stereocenters. The number of nitrogen functional groups attached to an aromatic ring is 1. The quantitative estimate of drug-likeness (QED) is 0.199. The van der Waals surface area contributed by atoms with E-state index in [2.05, 4.69) is 15.6 Å². The van der Waals surface area contributed by atoms with Gasteiger partial charge in [-0.3, -0.25) is 9.59 Å². The number of carbonyl (C=O) groups excluding carboxylic acids is 2. The van der Waals surface area contributed by atoms with Crippen LogP contribution in [0.1, 0.15) is 37.3 Å². The molecular formula is C33H36FN5O5S. The van der Waals surface area contributed by atoms with Crippen LogP contribution in [0.25, 0.3) is 10.8 Å². The highest BCUT2D eigenvalue weighted by Crippen LogP contribution is 2.36. The molecule has 45 heavy (non-hydrogen) atoms. The fourth-order valence-electron chi connectivity index (χ4n) is 5.29. The van der Waals surface area contributed by atoms with Gasteiger partial charge in [0.2, 0.25) is 11.8 Å². The Bertz CT molecular complexity index is 1860. The Hall–Kier alpha value is -4.71. The normalized spacial score (nSPS) is 13.7. The number of pyridine rings is 1. The Morgan fingerprint density at radius 1 is 1.07 bits per heavy atom. The number of aromatic nitrogens is 1. The summed E-state index contributed by atoms with van der Waals surface area (Å²) in [5.74, 6) is -0.181. The molecule has 0 spiro atoms. The van der Waals surface area contributed by atoms with Crippen molar-refractivity contribution in [1.29, 1.82) is 0 Å². The minimum Gasteiger partial charge on any atom is -0.496 e. The van der Waals surface area contributed by atoms with E-state index in [4.69, 9.17) is 10.5 Å². The van der Waals surface area contributed by atoms with E-state index < -0.39 is 26.9 Å². The number of likely N-dealkylation sites (N-methyl/N-ethyl adjacent to an activating group) is 1. The zero-order valence-corrected chi connectivity index (χ0v) is 26.2. The second-order valence-corrected chi connectivity index (χ2v) is 13.4. The van der Waals surface area contributed by atoms with Crippen molar-refractivity contribution in [2.45, 2.75) is 55.3 Å². The maximum absolute atomic E-state index is 14.4. The molecule has 10 nitrogen and oxygen atoms in total. The number of anilines is 3. The molecule has 1 aromatic heterocycles. The van der Waals surface area contributed by atoms with E-state index in [-0.39, 0.29) is 40.9 Å². The summed E-state index contributed by atoms with van der Waals surface area (Å²) in [7, 11) is -0.434. The topological polar surface area (TPSA) is 144 Å². The van der Waals surface area contributed by atoms with Crippen LogP contribution in [-0.4, -0.2) is 55.6 Å². The first-order chi connectivity index (χ1) is 21.5. The first-order valence-corrected chi connectivity index (χ1v) is 16.2. The highest BCUT2D eigenvalue weighted by molar-refractivity contribution is 7.92. The van der Waals surface area contributed by atoms with Crippen LogP contribution >= 0.6 is 0 Å². The number of methoxy groups -OCH3 is 1. The molecule has 0 aliphatic heterocycles. The number of aryl methyl sites for hydroxylation is 1. The number of benzene rings is 3. The number of hydrogen-bond acceptors (Lipinski definition) is 8. The van der Waals surface area contributed by atoms with Crippen molar-refractivity contribution in [3.05, 3.63) is 83.8 Å². The number of nitrogens with zero attached hydrogens (tertiary/aromatic N) is 2. The minimum absolute atomic E-state index is 0.00832. The van der Waals surface area contributed by atoms with Crippen LogP contribution in [0.3, 0.4) is 0 Å². The fraction of sp³-hybridized carbons (Fsp3) is 0.303. The van der Waals surface area contributed by atoms with Gasteiger partial charge >= 0.3 is 0 Å². The lowest BCUT2D eigenvalue weighted by atomic mass is 10.1. The van der Waals surface area contributed by atoms with Gasteiger partial charge in [-0.15, -0.1) is 0 Å². The number of halogens is 1. The Kier molecular flexibility index (Phi) is 9.24. The predicted molar refractivity (Wildman–Crippen MR) is 172 cm³/mol. The van der Waals surface area contributed by atoms with Crippen molar-refractivity contribution in [1.82, 2.24) is 9.88 Å². The number of sulfone groups is 1. The Morgan fingerprint density at radius 3 is 2.53 bits per heavy atom. The molecule has 0 saturated heterocycles. The lowest BCUT2D eigenvalue weighted by Gasteiger charge is -2.24. The third-order valence-electron chi connectivity index (χ3n) is 7.84. The molecule has 1 heterocycles. The van der Waals surface area contributed by atoms with Gasteiger partial charge < -0.3 is 26.0 Å². The SMILES string of the molecule is COc1ccccc1CCC(=O)Nc1ccc(S(=O)(=O)C2CC2)c(CN(C)C(=O)[C@@H](C)Nc2ccc3c(N)ncc(F)c3c2)c1. The third kappa shape index (κ3) is 7.17. The van der Waals surface area contributed by atoms with Crippen molar-refractivity contribution >= 4 is 49.6 Å². The maximum atomic E-state index is 14.4. The molecule has 4 N–H and O–H groups in total. The van der Waals surface area contributed by atoms with E-state index in [1.807, 2.05) is 24.3 Å². The lowest BCUT2D eigenvalue weighted by molar-refractivity contribution is -0.130. The van der Waals surface area contributed by atoms with Gasteiger partial charge in [0.05, 0.1) is 23.5 Å². The summed E-state index contributed by atoms with van der Waals surface area (Å²) in [6.45, 7) is 1.66. The molecule has 0 bridgehead atoms. The molecule has 1 aliphatic carbocycles. The van der Waals surface area contributed by atoms with Crippen LogP contribution in [0.2, 0.25) is 0 Å². The number of nitrogens with two attached hydrogens (primary N) is 1. The van der Waals surface area contributed by atoms with Crippen molar-refractivity contribution in [3.63, 3.8) is 0 Å². The third-order valence-corrected chi connectivity index (χ3v) is 10.2. The number of hydrogen-bond donors (Lipinski definition) is 3. The van der Waals surface area contributed by atoms with E-state index >= 15 is 0 Å². The number of carbonyl (C=O) groups is 2. The highest BCUT2D eigenvalue weighted by Gasteiger charge is 2.38. The molecule has 2 amide bonds. The molecule has 0 radical (unpaired) electrons. The van der Waals surface area contributed by atoms with Crippen LogP contribution in [0, 0.1) is 5.82 Å².